The van der Waals surface area contributed by atoms with Crippen molar-refractivity contribution in [1.82, 2.24) is 14.9 Å². The minimum atomic E-state index is -3.66. The zero-order chi connectivity index (χ0) is 15.5. The molecule has 0 spiro atoms. The monoisotopic (exact) mass is 309 g/mol. The number of hydrogen-bond acceptors (Lipinski definition) is 4. The summed E-state index contributed by atoms with van der Waals surface area (Å²) in [7, 11) is -3.66. The molecule has 0 saturated carbocycles. The van der Waals surface area contributed by atoms with Gasteiger partial charge in [-0.25, -0.2) is 13.1 Å². The van der Waals surface area contributed by atoms with Gasteiger partial charge in [-0.1, -0.05) is 19.1 Å². The van der Waals surface area contributed by atoms with Crippen molar-refractivity contribution in [3.63, 3.8) is 0 Å². The number of nitrogens with zero attached hydrogens (tertiary/aromatic N) is 1. The number of aryl methyl sites for hydroxylation is 1. The van der Waals surface area contributed by atoms with Crippen LogP contribution in [0.25, 0.3) is 0 Å². The highest BCUT2D eigenvalue weighted by atomic mass is 32.2. The lowest BCUT2D eigenvalue weighted by molar-refractivity contribution is 0.281. The summed E-state index contributed by atoms with van der Waals surface area (Å²) in [5.41, 5.74) is 2.05. The SMILES string of the molecule is CCc1ccc(CO)cc1S(=O)(=O)NC(C)c1cn[nH]c1. The number of rotatable bonds is 6. The van der Waals surface area contributed by atoms with E-state index in [4.69, 9.17) is 0 Å². The molecular formula is C14H19N3O3S. The van der Waals surface area contributed by atoms with Gasteiger partial charge in [-0.2, -0.15) is 5.10 Å². The van der Waals surface area contributed by atoms with Gasteiger partial charge in [0, 0.05) is 17.8 Å². The zero-order valence-corrected chi connectivity index (χ0v) is 12.8. The quantitative estimate of drug-likeness (QED) is 0.753. The van der Waals surface area contributed by atoms with Gasteiger partial charge in [0.1, 0.15) is 0 Å². The van der Waals surface area contributed by atoms with E-state index in [-0.39, 0.29) is 11.5 Å². The first-order valence-electron chi connectivity index (χ1n) is 6.71. The number of aliphatic hydroxyl groups is 1. The van der Waals surface area contributed by atoms with E-state index in [9.17, 15) is 13.5 Å². The summed E-state index contributed by atoms with van der Waals surface area (Å²) in [6.07, 6.45) is 3.83. The van der Waals surface area contributed by atoms with E-state index in [2.05, 4.69) is 14.9 Å². The van der Waals surface area contributed by atoms with Gasteiger partial charge in [-0.05, 0) is 30.5 Å². The molecule has 114 valence electrons. The molecule has 3 N–H and O–H groups in total. The Morgan fingerprint density at radius 2 is 2.19 bits per heavy atom. The van der Waals surface area contributed by atoms with Crippen LogP contribution in [-0.4, -0.2) is 23.7 Å². The molecule has 1 unspecified atom stereocenters. The lowest BCUT2D eigenvalue weighted by Crippen LogP contribution is -2.27. The van der Waals surface area contributed by atoms with Crippen LogP contribution in [0.2, 0.25) is 0 Å². The number of H-pyrrole nitrogens is 1. The number of aromatic nitrogens is 2. The van der Waals surface area contributed by atoms with Crippen molar-refractivity contribution < 1.29 is 13.5 Å². The molecule has 1 heterocycles. The largest absolute Gasteiger partial charge is 0.392 e. The third-order valence-electron chi connectivity index (χ3n) is 3.34. The minimum absolute atomic E-state index is 0.191. The van der Waals surface area contributed by atoms with Crippen molar-refractivity contribution in [1.29, 1.82) is 0 Å². The normalized spacial score (nSPS) is 13.3. The van der Waals surface area contributed by atoms with Crippen LogP contribution in [0.1, 0.15) is 36.6 Å². The number of nitrogens with one attached hydrogen (secondary N) is 2. The molecule has 0 aliphatic heterocycles. The van der Waals surface area contributed by atoms with Crippen LogP contribution in [0.4, 0.5) is 0 Å². The Bertz CT molecular complexity index is 696. The maximum atomic E-state index is 12.6. The average molecular weight is 309 g/mol. The van der Waals surface area contributed by atoms with Crippen molar-refractivity contribution in [2.45, 2.75) is 37.8 Å². The highest BCUT2D eigenvalue weighted by Crippen LogP contribution is 2.21. The van der Waals surface area contributed by atoms with Gasteiger partial charge < -0.3 is 5.11 Å². The second-order valence-corrected chi connectivity index (χ2v) is 6.51. The molecule has 1 aromatic heterocycles. The fourth-order valence-corrected chi connectivity index (χ4v) is 3.69. The van der Waals surface area contributed by atoms with Crippen molar-refractivity contribution in [2.75, 3.05) is 0 Å². The lowest BCUT2D eigenvalue weighted by Gasteiger charge is -2.15. The summed E-state index contributed by atoms with van der Waals surface area (Å²) < 4.78 is 27.8. The number of aromatic amines is 1. The molecule has 6 nitrogen and oxygen atoms in total. The lowest BCUT2D eigenvalue weighted by atomic mass is 10.1. The van der Waals surface area contributed by atoms with Gasteiger partial charge >= 0.3 is 0 Å². The summed E-state index contributed by atoms with van der Waals surface area (Å²) in [6, 6.07) is 4.60. The molecule has 0 saturated heterocycles. The summed E-state index contributed by atoms with van der Waals surface area (Å²) in [6.45, 7) is 3.46. The molecule has 7 heteroatoms. The molecule has 21 heavy (non-hydrogen) atoms. The molecule has 0 amide bonds. The van der Waals surface area contributed by atoms with E-state index in [0.29, 0.717) is 12.0 Å². The molecule has 1 atom stereocenters. The van der Waals surface area contributed by atoms with Crippen molar-refractivity contribution >= 4 is 10.0 Å². The molecule has 1 aromatic carbocycles. The summed E-state index contributed by atoms with van der Waals surface area (Å²) in [5.74, 6) is 0. The van der Waals surface area contributed by atoms with Crippen LogP contribution in [0, 0.1) is 0 Å². The summed E-state index contributed by atoms with van der Waals surface area (Å²) >= 11 is 0. The van der Waals surface area contributed by atoms with Gasteiger partial charge in [-0.3, -0.25) is 5.10 Å². The molecule has 2 aromatic rings. The first kappa shape index (κ1) is 15.7. The second kappa shape index (κ2) is 6.38. The Morgan fingerprint density at radius 1 is 1.43 bits per heavy atom. The average Bonchev–Trinajstić information content (AvgIpc) is 3.00. The Kier molecular flexibility index (Phi) is 4.76. The van der Waals surface area contributed by atoms with Gasteiger partial charge in [-0.15, -0.1) is 0 Å². The van der Waals surface area contributed by atoms with Crippen molar-refractivity contribution in [3.05, 3.63) is 47.3 Å². The third kappa shape index (κ3) is 3.49. The van der Waals surface area contributed by atoms with Gasteiger partial charge in [0.15, 0.2) is 0 Å². The van der Waals surface area contributed by atoms with Crippen LogP contribution in [-0.2, 0) is 23.1 Å². The Hall–Kier alpha value is -1.70. The Balaban J connectivity index is 2.34. The predicted octanol–water partition coefficient (Wildman–Crippen LogP) is 1.50. The van der Waals surface area contributed by atoms with Crippen LogP contribution in [0.5, 0.6) is 0 Å². The fraction of sp³-hybridized carbons (Fsp3) is 0.357. The molecular weight excluding hydrogens is 290 g/mol. The molecule has 0 aliphatic carbocycles. The minimum Gasteiger partial charge on any atom is -0.392 e. The van der Waals surface area contributed by atoms with Crippen LogP contribution < -0.4 is 4.72 Å². The zero-order valence-electron chi connectivity index (χ0n) is 12.0. The molecule has 0 radical (unpaired) electrons. The third-order valence-corrected chi connectivity index (χ3v) is 4.96. The molecule has 0 bridgehead atoms. The maximum absolute atomic E-state index is 12.6. The number of aliphatic hydroxyl groups excluding tert-OH is 1. The molecule has 2 rings (SSSR count). The Morgan fingerprint density at radius 3 is 2.76 bits per heavy atom. The van der Waals surface area contributed by atoms with Crippen LogP contribution in [0.15, 0.2) is 35.5 Å². The van der Waals surface area contributed by atoms with E-state index in [0.717, 1.165) is 11.1 Å². The van der Waals surface area contributed by atoms with Gasteiger partial charge in [0.05, 0.1) is 17.7 Å². The van der Waals surface area contributed by atoms with Gasteiger partial charge in [0.2, 0.25) is 10.0 Å². The van der Waals surface area contributed by atoms with Crippen molar-refractivity contribution in [2.24, 2.45) is 0 Å². The summed E-state index contributed by atoms with van der Waals surface area (Å²) in [5, 5.41) is 15.7. The topological polar surface area (TPSA) is 95.1 Å². The number of sulfonamides is 1. The number of benzene rings is 1. The molecule has 0 fully saturated rings. The van der Waals surface area contributed by atoms with Crippen LogP contribution >= 0.6 is 0 Å². The highest BCUT2D eigenvalue weighted by molar-refractivity contribution is 7.89. The smallest absolute Gasteiger partial charge is 0.241 e. The fourth-order valence-electron chi connectivity index (χ4n) is 2.10. The van der Waals surface area contributed by atoms with Crippen molar-refractivity contribution in [3.8, 4) is 0 Å². The van der Waals surface area contributed by atoms with E-state index in [1.54, 1.807) is 31.5 Å². The standard InChI is InChI=1S/C14H19N3O3S/c1-3-12-5-4-11(9-18)6-14(12)21(19,20)17-10(2)13-7-15-16-8-13/h4-8,10,17-18H,3,9H2,1-2H3,(H,15,16). The van der Waals surface area contributed by atoms with E-state index in [1.165, 1.54) is 6.07 Å². The Labute approximate surface area is 124 Å². The predicted molar refractivity (Wildman–Crippen MR) is 79.1 cm³/mol. The first-order valence-corrected chi connectivity index (χ1v) is 8.20. The number of hydrogen-bond donors (Lipinski definition) is 3. The van der Waals surface area contributed by atoms with Crippen LogP contribution in [0.3, 0.4) is 0 Å². The van der Waals surface area contributed by atoms with E-state index < -0.39 is 16.1 Å². The van der Waals surface area contributed by atoms with E-state index >= 15 is 0 Å². The summed E-state index contributed by atoms with van der Waals surface area (Å²) in [4.78, 5) is 0.215. The first-order chi connectivity index (χ1) is 9.97. The van der Waals surface area contributed by atoms with E-state index in [1.807, 2.05) is 6.92 Å². The molecule has 0 aliphatic rings. The second-order valence-electron chi connectivity index (χ2n) is 4.83. The maximum Gasteiger partial charge on any atom is 0.241 e. The van der Waals surface area contributed by atoms with Gasteiger partial charge in [0.25, 0.3) is 0 Å². The highest BCUT2D eigenvalue weighted by Gasteiger charge is 2.21.